The summed E-state index contributed by atoms with van der Waals surface area (Å²) in [7, 11) is 0. The Bertz CT molecular complexity index is 777. The highest BCUT2D eigenvalue weighted by molar-refractivity contribution is 5.81. The molecule has 3 rings (SSSR count). The average Bonchev–Trinajstić information content (AvgIpc) is 2.81. The Hall–Kier alpha value is -2.36. The van der Waals surface area contributed by atoms with Crippen LogP contribution in [-0.2, 0) is 13.0 Å². The molecule has 3 aromatic rings. The van der Waals surface area contributed by atoms with Gasteiger partial charge in [0, 0.05) is 22.7 Å². The highest BCUT2D eigenvalue weighted by atomic mass is 16.3. The van der Waals surface area contributed by atoms with Crippen molar-refractivity contribution >= 4 is 16.8 Å². The molecule has 4 nitrogen and oxygen atoms in total. The summed E-state index contributed by atoms with van der Waals surface area (Å²) in [6.07, 6.45) is 0.904. The van der Waals surface area contributed by atoms with Gasteiger partial charge >= 0.3 is 0 Å². The third-order valence-corrected chi connectivity index (χ3v) is 3.63. The predicted molar refractivity (Wildman–Crippen MR) is 84.4 cm³/mol. The number of rotatable bonds is 4. The van der Waals surface area contributed by atoms with Gasteiger partial charge in [-0.1, -0.05) is 25.1 Å². The molecule has 4 heteroatoms. The standard InChI is InChI=1S/C17H19N3O/c1-4-13-9-17(20-12(3)19-13)18-10-16-11(2)14-7-5-6-8-15(14)21-16/h5-9H,4,10H2,1-3H3,(H,18,19,20). The van der Waals surface area contributed by atoms with Crippen LogP contribution in [0.4, 0.5) is 5.82 Å². The third kappa shape index (κ3) is 2.75. The first-order chi connectivity index (χ1) is 10.2. The Morgan fingerprint density at radius 3 is 2.71 bits per heavy atom. The fourth-order valence-electron chi connectivity index (χ4n) is 2.47. The van der Waals surface area contributed by atoms with Gasteiger partial charge in [0.25, 0.3) is 0 Å². The normalized spacial score (nSPS) is 11.0. The molecule has 0 amide bonds. The number of para-hydroxylation sites is 1. The lowest BCUT2D eigenvalue weighted by Crippen LogP contribution is -2.05. The van der Waals surface area contributed by atoms with Gasteiger partial charge in [0.2, 0.25) is 0 Å². The molecular formula is C17H19N3O. The van der Waals surface area contributed by atoms with Crippen LogP contribution in [0, 0.1) is 13.8 Å². The number of anilines is 1. The van der Waals surface area contributed by atoms with Crippen molar-refractivity contribution in [1.29, 1.82) is 0 Å². The Kier molecular flexibility index (Phi) is 3.60. The largest absolute Gasteiger partial charge is 0.459 e. The molecule has 0 atom stereocenters. The van der Waals surface area contributed by atoms with Crippen molar-refractivity contribution < 1.29 is 4.42 Å². The zero-order valence-electron chi connectivity index (χ0n) is 12.6. The number of nitrogens with one attached hydrogen (secondary N) is 1. The number of hydrogen-bond donors (Lipinski definition) is 1. The molecule has 0 saturated heterocycles. The van der Waals surface area contributed by atoms with Gasteiger partial charge in [-0.05, 0) is 26.3 Å². The van der Waals surface area contributed by atoms with Crippen LogP contribution in [0.3, 0.4) is 0 Å². The zero-order chi connectivity index (χ0) is 14.8. The van der Waals surface area contributed by atoms with Gasteiger partial charge < -0.3 is 9.73 Å². The van der Waals surface area contributed by atoms with Gasteiger partial charge in [-0.15, -0.1) is 0 Å². The predicted octanol–water partition coefficient (Wildman–Crippen LogP) is 4.01. The number of fused-ring (bicyclic) bond motifs is 1. The molecule has 0 aliphatic carbocycles. The summed E-state index contributed by atoms with van der Waals surface area (Å²) in [5.41, 5.74) is 3.16. The molecular weight excluding hydrogens is 262 g/mol. The lowest BCUT2D eigenvalue weighted by molar-refractivity contribution is 0.555. The maximum atomic E-state index is 5.90. The molecule has 1 N–H and O–H groups in total. The second kappa shape index (κ2) is 5.56. The molecule has 2 heterocycles. The van der Waals surface area contributed by atoms with Crippen LogP contribution in [0.1, 0.15) is 29.8 Å². The summed E-state index contributed by atoms with van der Waals surface area (Å²) in [5.74, 6) is 2.59. The van der Waals surface area contributed by atoms with Crippen LogP contribution >= 0.6 is 0 Å². The maximum absolute atomic E-state index is 5.90. The molecule has 0 aliphatic rings. The van der Waals surface area contributed by atoms with E-state index in [9.17, 15) is 0 Å². The zero-order valence-corrected chi connectivity index (χ0v) is 12.6. The van der Waals surface area contributed by atoms with E-state index in [-0.39, 0.29) is 0 Å². The topological polar surface area (TPSA) is 51.0 Å². The highest BCUT2D eigenvalue weighted by Gasteiger charge is 2.10. The number of furan rings is 1. The average molecular weight is 281 g/mol. The van der Waals surface area contributed by atoms with E-state index in [2.05, 4.69) is 35.2 Å². The van der Waals surface area contributed by atoms with Gasteiger partial charge in [-0.2, -0.15) is 0 Å². The monoisotopic (exact) mass is 281 g/mol. The first-order valence-electron chi connectivity index (χ1n) is 7.23. The Morgan fingerprint density at radius 2 is 1.95 bits per heavy atom. The first-order valence-corrected chi connectivity index (χ1v) is 7.23. The lowest BCUT2D eigenvalue weighted by atomic mass is 10.1. The van der Waals surface area contributed by atoms with E-state index >= 15 is 0 Å². The van der Waals surface area contributed by atoms with Gasteiger partial charge in [0.1, 0.15) is 23.0 Å². The van der Waals surface area contributed by atoms with E-state index in [1.807, 2.05) is 31.2 Å². The van der Waals surface area contributed by atoms with Gasteiger partial charge in [-0.3, -0.25) is 0 Å². The molecule has 0 fully saturated rings. The van der Waals surface area contributed by atoms with E-state index in [1.165, 1.54) is 10.9 Å². The van der Waals surface area contributed by atoms with Crippen LogP contribution in [0.5, 0.6) is 0 Å². The second-order valence-corrected chi connectivity index (χ2v) is 5.15. The van der Waals surface area contributed by atoms with Crippen molar-refractivity contribution in [3.63, 3.8) is 0 Å². The number of aryl methyl sites for hydroxylation is 3. The van der Waals surface area contributed by atoms with Crippen LogP contribution in [-0.4, -0.2) is 9.97 Å². The Balaban J connectivity index is 1.83. The molecule has 1 aromatic carbocycles. The van der Waals surface area contributed by atoms with E-state index in [0.717, 1.165) is 35.1 Å². The van der Waals surface area contributed by atoms with E-state index in [1.54, 1.807) is 0 Å². The minimum Gasteiger partial charge on any atom is -0.459 e. The van der Waals surface area contributed by atoms with Crippen molar-refractivity contribution in [2.75, 3.05) is 5.32 Å². The minimum atomic E-state index is 0.625. The fourth-order valence-corrected chi connectivity index (χ4v) is 2.47. The SMILES string of the molecule is CCc1cc(NCc2oc3ccccc3c2C)nc(C)n1. The van der Waals surface area contributed by atoms with Crippen LogP contribution in [0.15, 0.2) is 34.7 Å². The first kappa shape index (κ1) is 13.6. The highest BCUT2D eigenvalue weighted by Crippen LogP contribution is 2.25. The van der Waals surface area contributed by atoms with E-state index in [4.69, 9.17) is 4.42 Å². The van der Waals surface area contributed by atoms with Crippen molar-refractivity contribution in [2.24, 2.45) is 0 Å². The summed E-state index contributed by atoms with van der Waals surface area (Å²) in [5, 5.41) is 4.50. The molecule has 0 aliphatic heterocycles. The van der Waals surface area contributed by atoms with Crippen molar-refractivity contribution in [3.05, 3.63) is 53.2 Å². The molecule has 108 valence electrons. The number of hydrogen-bond acceptors (Lipinski definition) is 4. The van der Waals surface area contributed by atoms with Crippen molar-refractivity contribution in [3.8, 4) is 0 Å². The quantitative estimate of drug-likeness (QED) is 0.785. The lowest BCUT2D eigenvalue weighted by Gasteiger charge is -2.07. The summed E-state index contributed by atoms with van der Waals surface area (Å²) in [6.45, 7) is 6.72. The molecule has 0 bridgehead atoms. The van der Waals surface area contributed by atoms with E-state index in [0.29, 0.717) is 6.54 Å². The summed E-state index contributed by atoms with van der Waals surface area (Å²) < 4.78 is 5.90. The number of aromatic nitrogens is 2. The van der Waals surface area contributed by atoms with E-state index < -0.39 is 0 Å². The van der Waals surface area contributed by atoms with Crippen molar-refractivity contribution in [1.82, 2.24) is 9.97 Å². The Morgan fingerprint density at radius 1 is 1.14 bits per heavy atom. The van der Waals surface area contributed by atoms with Crippen LogP contribution in [0.2, 0.25) is 0 Å². The van der Waals surface area contributed by atoms with Crippen LogP contribution in [0.25, 0.3) is 11.0 Å². The summed E-state index contributed by atoms with van der Waals surface area (Å²) >= 11 is 0. The van der Waals surface area contributed by atoms with Crippen molar-refractivity contribution in [2.45, 2.75) is 33.7 Å². The molecule has 0 saturated carbocycles. The summed E-state index contributed by atoms with van der Waals surface area (Å²) in [6, 6.07) is 10.1. The third-order valence-electron chi connectivity index (χ3n) is 3.63. The van der Waals surface area contributed by atoms with Gasteiger partial charge in [0.05, 0.1) is 6.54 Å². The molecule has 0 spiro atoms. The van der Waals surface area contributed by atoms with Gasteiger partial charge in [-0.25, -0.2) is 9.97 Å². The number of nitrogens with zero attached hydrogens (tertiary/aromatic N) is 2. The minimum absolute atomic E-state index is 0.625. The fraction of sp³-hybridized carbons (Fsp3) is 0.294. The molecule has 2 aromatic heterocycles. The Labute approximate surface area is 124 Å². The molecule has 21 heavy (non-hydrogen) atoms. The maximum Gasteiger partial charge on any atom is 0.134 e. The smallest absolute Gasteiger partial charge is 0.134 e. The van der Waals surface area contributed by atoms with Gasteiger partial charge in [0.15, 0.2) is 0 Å². The number of benzene rings is 1. The molecule has 0 radical (unpaired) electrons. The molecule has 0 unspecified atom stereocenters. The van der Waals surface area contributed by atoms with Crippen LogP contribution < -0.4 is 5.32 Å². The summed E-state index contributed by atoms with van der Waals surface area (Å²) in [4.78, 5) is 8.80. The second-order valence-electron chi connectivity index (χ2n) is 5.15.